The molecule has 3 heterocycles. The van der Waals surface area contributed by atoms with E-state index in [0.29, 0.717) is 24.9 Å². The van der Waals surface area contributed by atoms with Crippen LogP contribution in [0.2, 0.25) is 0 Å². The molecule has 2 atom stereocenters. The maximum absolute atomic E-state index is 5.95. The highest BCUT2D eigenvalue weighted by Gasteiger charge is 2.31. The van der Waals surface area contributed by atoms with Gasteiger partial charge >= 0.3 is 0 Å². The Balaban J connectivity index is 1.92. The first kappa shape index (κ1) is 12.3. The minimum atomic E-state index is -0.0809. The van der Waals surface area contributed by atoms with Crippen molar-refractivity contribution in [2.24, 2.45) is 5.73 Å². The fraction of sp³-hybridized carbons (Fsp3) is 0.462. The maximum Gasteiger partial charge on any atom is 0.234 e. The molecule has 0 bridgehead atoms. The van der Waals surface area contributed by atoms with E-state index in [0.717, 1.165) is 17.7 Å². The summed E-state index contributed by atoms with van der Waals surface area (Å²) in [5.41, 5.74) is 7.82. The van der Waals surface area contributed by atoms with Gasteiger partial charge in [-0.1, -0.05) is 18.1 Å². The van der Waals surface area contributed by atoms with Gasteiger partial charge in [0.25, 0.3) is 0 Å². The zero-order chi connectivity index (χ0) is 13.2. The van der Waals surface area contributed by atoms with Crippen molar-refractivity contribution in [3.63, 3.8) is 0 Å². The highest BCUT2D eigenvalue weighted by molar-refractivity contribution is 5.53. The molecule has 0 amide bonds. The smallest absolute Gasteiger partial charge is 0.234 e. The highest BCUT2D eigenvalue weighted by atomic mass is 16.5. The molecule has 1 aliphatic heterocycles. The van der Waals surface area contributed by atoms with Gasteiger partial charge in [-0.2, -0.15) is 4.98 Å². The van der Waals surface area contributed by atoms with Gasteiger partial charge in [0.1, 0.15) is 5.69 Å². The molecule has 0 aliphatic carbocycles. The van der Waals surface area contributed by atoms with E-state index >= 15 is 0 Å². The van der Waals surface area contributed by atoms with Gasteiger partial charge in [-0.15, -0.1) is 0 Å². The first-order chi connectivity index (χ1) is 9.29. The predicted octanol–water partition coefficient (Wildman–Crippen LogP) is 1.14. The van der Waals surface area contributed by atoms with Crippen LogP contribution in [0.1, 0.15) is 24.3 Å². The van der Waals surface area contributed by atoms with Crippen molar-refractivity contribution in [1.29, 1.82) is 0 Å². The molecule has 6 nitrogen and oxygen atoms in total. The number of rotatable bonds is 3. The lowest BCUT2D eigenvalue weighted by atomic mass is 10.1. The monoisotopic (exact) mass is 260 g/mol. The van der Waals surface area contributed by atoms with Crippen LogP contribution < -0.4 is 5.73 Å². The highest BCUT2D eigenvalue weighted by Crippen LogP contribution is 2.26. The van der Waals surface area contributed by atoms with Gasteiger partial charge in [-0.3, -0.25) is 4.98 Å². The number of aromatic nitrogens is 3. The first-order valence-electron chi connectivity index (χ1n) is 6.40. The lowest BCUT2D eigenvalue weighted by Gasteiger charge is -2.06. The zero-order valence-electron chi connectivity index (χ0n) is 10.7. The predicted molar refractivity (Wildman–Crippen MR) is 68.4 cm³/mol. The SMILES string of the molecule is CCc1cccnc1-c1noc(C2COCC2N)n1. The number of hydrogen-bond acceptors (Lipinski definition) is 6. The summed E-state index contributed by atoms with van der Waals surface area (Å²) in [6.07, 6.45) is 2.61. The van der Waals surface area contributed by atoms with Crippen LogP contribution in [0.15, 0.2) is 22.9 Å². The normalized spacial score (nSPS) is 22.8. The lowest BCUT2D eigenvalue weighted by Crippen LogP contribution is -2.27. The third-order valence-electron chi connectivity index (χ3n) is 3.37. The largest absolute Gasteiger partial charge is 0.379 e. The standard InChI is InChI=1S/C13H16N4O2/c1-2-8-4-3-5-15-11(8)12-16-13(19-17-12)9-6-18-7-10(9)14/h3-5,9-10H,2,6-7,14H2,1H3. The summed E-state index contributed by atoms with van der Waals surface area (Å²) >= 11 is 0. The van der Waals surface area contributed by atoms with Crippen LogP contribution in [0.4, 0.5) is 0 Å². The van der Waals surface area contributed by atoms with Crippen LogP contribution in [-0.4, -0.2) is 34.4 Å². The van der Waals surface area contributed by atoms with Crippen LogP contribution >= 0.6 is 0 Å². The molecule has 0 radical (unpaired) electrons. The third kappa shape index (κ3) is 2.24. The molecule has 1 aliphatic rings. The Morgan fingerprint density at radius 1 is 1.42 bits per heavy atom. The van der Waals surface area contributed by atoms with Gasteiger partial charge in [-0.25, -0.2) is 0 Å². The summed E-state index contributed by atoms with van der Waals surface area (Å²) in [4.78, 5) is 8.75. The topological polar surface area (TPSA) is 87.1 Å². The number of hydrogen-bond donors (Lipinski definition) is 1. The molecule has 2 N–H and O–H groups in total. The Hall–Kier alpha value is -1.79. The first-order valence-corrected chi connectivity index (χ1v) is 6.40. The van der Waals surface area contributed by atoms with Crippen molar-refractivity contribution in [3.8, 4) is 11.5 Å². The number of ether oxygens (including phenoxy) is 1. The third-order valence-corrected chi connectivity index (χ3v) is 3.37. The molecule has 100 valence electrons. The van der Waals surface area contributed by atoms with Gasteiger partial charge in [0.05, 0.1) is 19.1 Å². The molecule has 2 aromatic rings. The molecule has 0 spiro atoms. The molecular formula is C13H16N4O2. The minimum Gasteiger partial charge on any atom is -0.379 e. The molecule has 19 heavy (non-hydrogen) atoms. The van der Waals surface area contributed by atoms with E-state index in [1.54, 1.807) is 6.20 Å². The molecule has 2 unspecified atom stereocenters. The second-order valence-corrected chi connectivity index (χ2v) is 4.63. The number of nitrogens with two attached hydrogens (primary N) is 1. The van der Waals surface area contributed by atoms with Crippen molar-refractivity contribution in [1.82, 2.24) is 15.1 Å². The summed E-state index contributed by atoms with van der Waals surface area (Å²) < 4.78 is 10.6. The zero-order valence-corrected chi connectivity index (χ0v) is 10.7. The molecule has 0 aromatic carbocycles. The number of aryl methyl sites for hydroxylation is 1. The Kier molecular flexibility index (Phi) is 3.27. The summed E-state index contributed by atoms with van der Waals surface area (Å²) in [5, 5.41) is 4.01. The van der Waals surface area contributed by atoms with Gasteiger partial charge in [0, 0.05) is 12.2 Å². The van der Waals surface area contributed by atoms with Gasteiger partial charge in [0.15, 0.2) is 0 Å². The van der Waals surface area contributed by atoms with Crippen molar-refractivity contribution in [2.45, 2.75) is 25.3 Å². The van der Waals surface area contributed by atoms with Crippen LogP contribution in [0.3, 0.4) is 0 Å². The Bertz CT molecular complexity index is 569. The Morgan fingerprint density at radius 2 is 2.32 bits per heavy atom. The van der Waals surface area contributed by atoms with Crippen LogP contribution in [0.25, 0.3) is 11.5 Å². The van der Waals surface area contributed by atoms with Crippen LogP contribution in [0, 0.1) is 0 Å². The second kappa shape index (κ2) is 5.07. The average molecular weight is 260 g/mol. The van der Waals surface area contributed by atoms with Gasteiger partial charge in [-0.05, 0) is 18.1 Å². The van der Waals surface area contributed by atoms with Crippen LogP contribution in [-0.2, 0) is 11.2 Å². The van der Waals surface area contributed by atoms with Crippen molar-refractivity contribution >= 4 is 0 Å². The van der Waals surface area contributed by atoms with Crippen molar-refractivity contribution < 1.29 is 9.26 Å². The van der Waals surface area contributed by atoms with E-state index in [9.17, 15) is 0 Å². The molecule has 0 saturated carbocycles. The van der Waals surface area contributed by atoms with Gasteiger partial charge < -0.3 is 15.0 Å². The van der Waals surface area contributed by atoms with E-state index < -0.39 is 0 Å². The van der Waals surface area contributed by atoms with Crippen molar-refractivity contribution in [3.05, 3.63) is 29.8 Å². The lowest BCUT2D eigenvalue weighted by molar-refractivity contribution is 0.187. The van der Waals surface area contributed by atoms with E-state index in [4.69, 9.17) is 15.0 Å². The number of nitrogens with zero attached hydrogens (tertiary/aromatic N) is 3. The second-order valence-electron chi connectivity index (χ2n) is 4.63. The molecule has 1 saturated heterocycles. The molecule has 3 rings (SSSR count). The Labute approximate surface area is 111 Å². The van der Waals surface area contributed by atoms with E-state index in [2.05, 4.69) is 22.0 Å². The van der Waals surface area contributed by atoms with Crippen molar-refractivity contribution in [2.75, 3.05) is 13.2 Å². The maximum atomic E-state index is 5.95. The molecule has 6 heteroatoms. The van der Waals surface area contributed by atoms with E-state index in [1.807, 2.05) is 12.1 Å². The average Bonchev–Trinajstić information content (AvgIpc) is 3.07. The van der Waals surface area contributed by atoms with Crippen LogP contribution in [0.5, 0.6) is 0 Å². The molecule has 1 fully saturated rings. The fourth-order valence-corrected chi connectivity index (χ4v) is 2.23. The summed E-state index contributed by atoms with van der Waals surface area (Å²) in [5.74, 6) is 1.04. The van der Waals surface area contributed by atoms with Gasteiger partial charge in [0.2, 0.25) is 11.7 Å². The summed E-state index contributed by atoms with van der Waals surface area (Å²) in [7, 11) is 0. The molecule has 2 aromatic heterocycles. The van der Waals surface area contributed by atoms with E-state index in [1.165, 1.54) is 0 Å². The Morgan fingerprint density at radius 3 is 3.05 bits per heavy atom. The summed E-state index contributed by atoms with van der Waals surface area (Å²) in [6, 6.07) is 3.84. The minimum absolute atomic E-state index is 0.0185. The van der Waals surface area contributed by atoms with E-state index in [-0.39, 0.29) is 12.0 Å². The quantitative estimate of drug-likeness (QED) is 0.890. The summed E-state index contributed by atoms with van der Waals surface area (Å²) in [6.45, 7) is 3.14. The number of pyridine rings is 1. The molecular weight excluding hydrogens is 244 g/mol. The fourth-order valence-electron chi connectivity index (χ4n) is 2.23.